The molecule has 0 saturated heterocycles. The van der Waals surface area contributed by atoms with Gasteiger partial charge in [0.1, 0.15) is 5.82 Å². The predicted molar refractivity (Wildman–Crippen MR) is 115 cm³/mol. The fraction of sp³-hybridized carbons (Fsp3) is 0.360. The van der Waals surface area contributed by atoms with E-state index in [4.69, 9.17) is 0 Å². The second kappa shape index (κ2) is 8.32. The first-order valence-electron chi connectivity index (χ1n) is 10.4. The molecule has 1 fully saturated rings. The van der Waals surface area contributed by atoms with Crippen molar-refractivity contribution in [2.24, 2.45) is 11.8 Å². The van der Waals surface area contributed by atoms with Crippen LogP contribution in [0.1, 0.15) is 49.7 Å². The van der Waals surface area contributed by atoms with Gasteiger partial charge in [0.2, 0.25) is 5.91 Å². The van der Waals surface area contributed by atoms with Crippen LogP contribution in [0.5, 0.6) is 0 Å². The van der Waals surface area contributed by atoms with Crippen LogP contribution in [-0.4, -0.2) is 10.9 Å². The smallest absolute Gasteiger partial charge is 0.227 e. The molecule has 1 aliphatic carbocycles. The molecule has 1 atom stereocenters. The van der Waals surface area contributed by atoms with Gasteiger partial charge in [0.15, 0.2) is 0 Å². The van der Waals surface area contributed by atoms with Crippen LogP contribution in [0.25, 0.3) is 10.9 Å². The Morgan fingerprint density at radius 2 is 1.90 bits per heavy atom. The number of benzene rings is 2. The molecule has 1 aromatic heterocycles. The Kier molecular flexibility index (Phi) is 5.61. The van der Waals surface area contributed by atoms with E-state index >= 15 is 0 Å². The zero-order valence-electron chi connectivity index (χ0n) is 17.0. The minimum atomic E-state index is -0.220. The lowest BCUT2D eigenvalue weighted by Gasteiger charge is -2.32. The normalized spacial score (nSPS) is 20.4. The molecule has 1 aliphatic rings. The number of amides is 1. The summed E-state index contributed by atoms with van der Waals surface area (Å²) >= 11 is 0. The van der Waals surface area contributed by atoms with Crippen LogP contribution in [0, 0.1) is 24.6 Å². The van der Waals surface area contributed by atoms with Gasteiger partial charge in [-0.1, -0.05) is 19.1 Å². The van der Waals surface area contributed by atoms with Gasteiger partial charge in [0.25, 0.3) is 0 Å². The van der Waals surface area contributed by atoms with Gasteiger partial charge < -0.3 is 5.32 Å². The highest BCUT2D eigenvalue weighted by atomic mass is 19.1. The molecule has 2 aromatic carbocycles. The number of nitrogens with zero attached hydrogens (tertiary/aromatic N) is 1. The number of aromatic nitrogens is 1. The van der Waals surface area contributed by atoms with Crippen LogP contribution in [0.2, 0.25) is 0 Å². The summed E-state index contributed by atoms with van der Waals surface area (Å²) in [6.45, 7) is 4.06. The third-order valence-electron chi connectivity index (χ3n) is 6.36. The van der Waals surface area contributed by atoms with E-state index < -0.39 is 0 Å². The number of carbonyl (C=O) groups excluding carboxylic acids is 1. The van der Waals surface area contributed by atoms with Crippen molar-refractivity contribution < 1.29 is 9.18 Å². The summed E-state index contributed by atoms with van der Waals surface area (Å²) in [5, 5.41) is 3.98. The standard InChI is InChI=1S/C25H27FN2O/c1-16-4-3-5-21(14-16)28-25(29)17(2)18-6-8-19(9-7-18)22-12-13-27-24-11-10-20(26)15-23(22)24/h3-5,10-15,17-19H,6-9H2,1-2H3,(H,28,29). The molecule has 29 heavy (non-hydrogen) atoms. The molecule has 150 valence electrons. The third-order valence-corrected chi connectivity index (χ3v) is 6.36. The molecule has 1 amide bonds. The first-order chi connectivity index (χ1) is 14.0. The number of rotatable bonds is 4. The summed E-state index contributed by atoms with van der Waals surface area (Å²) in [5.74, 6) is 0.618. The molecular weight excluding hydrogens is 363 g/mol. The number of hydrogen-bond acceptors (Lipinski definition) is 2. The zero-order chi connectivity index (χ0) is 20.4. The first-order valence-corrected chi connectivity index (χ1v) is 10.4. The number of anilines is 1. The monoisotopic (exact) mass is 390 g/mol. The van der Waals surface area contributed by atoms with E-state index in [0.29, 0.717) is 11.8 Å². The molecule has 0 aliphatic heterocycles. The van der Waals surface area contributed by atoms with E-state index in [1.54, 1.807) is 12.1 Å². The van der Waals surface area contributed by atoms with Crippen molar-refractivity contribution in [3.05, 3.63) is 71.7 Å². The molecule has 4 heteroatoms. The van der Waals surface area contributed by atoms with E-state index in [9.17, 15) is 9.18 Å². The molecule has 0 radical (unpaired) electrons. The largest absolute Gasteiger partial charge is 0.326 e. The average Bonchev–Trinajstić information content (AvgIpc) is 2.73. The van der Waals surface area contributed by atoms with Gasteiger partial charge in [-0.3, -0.25) is 9.78 Å². The lowest BCUT2D eigenvalue weighted by Crippen LogP contribution is -2.29. The van der Waals surface area contributed by atoms with E-state index in [1.165, 1.54) is 11.6 Å². The molecule has 3 nitrogen and oxygen atoms in total. The van der Waals surface area contributed by atoms with Crippen LogP contribution in [0.15, 0.2) is 54.7 Å². The highest BCUT2D eigenvalue weighted by Crippen LogP contribution is 2.41. The molecule has 3 aromatic rings. The van der Waals surface area contributed by atoms with Crippen LogP contribution >= 0.6 is 0 Å². The topological polar surface area (TPSA) is 42.0 Å². The number of pyridine rings is 1. The molecule has 1 unspecified atom stereocenters. The molecule has 1 heterocycles. The number of carbonyl (C=O) groups is 1. The highest BCUT2D eigenvalue weighted by Gasteiger charge is 2.30. The lowest BCUT2D eigenvalue weighted by molar-refractivity contribution is -0.121. The van der Waals surface area contributed by atoms with Gasteiger partial charge >= 0.3 is 0 Å². The molecular formula is C25H27FN2O. The minimum Gasteiger partial charge on any atom is -0.326 e. The minimum absolute atomic E-state index is 0.0249. The van der Waals surface area contributed by atoms with Crippen LogP contribution in [-0.2, 0) is 4.79 Å². The summed E-state index contributed by atoms with van der Waals surface area (Å²) in [4.78, 5) is 17.1. The Morgan fingerprint density at radius 3 is 2.66 bits per heavy atom. The van der Waals surface area contributed by atoms with Gasteiger partial charge in [-0.05, 0) is 92.0 Å². The van der Waals surface area contributed by atoms with E-state index in [-0.39, 0.29) is 17.6 Å². The SMILES string of the molecule is Cc1cccc(NC(=O)C(C)C2CCC(c3ccnc4ccc(F)cc34)CC2)c1. The molecule has 1 N–H and O–H groups in total. The van der Waals surface area contributed by atoms with Crippen molar-refractivity contribution in [2.75, 3.05) is 5.32 Å². The molecule has 1 saturated carbocycles. The highest BCUT2D eigenvalue weighted by molar-refractivity contribution is 5.92. The van der Waals surface area contributed by atoms with E-state index in [2.05, 4.69) is 10.3 Å². The summed E-state index contributed by atoms with van der Waals surface area (Å²) < 4.78 is 13.8. The molecule has 0 spiro atoms. The maximum absolute atomic E-state index is 13.8. The number of aryl methyl sites for hydroxylation is 1. The van der Waals surface area contributed by atoms with Crippen LogP contribution < -0.4 is 5.32 Å². The van der Waals surface area contributed by atoms with Crippen molar-refractivity contribution in [1.82, 2.24) is 4.98 Å². The predicted octanol–water partition coefficient (Wildman–Crippen LogP) is 6.23. The van der Waals surface area contributed by atoms with Gasteiger partial charge in [-0.2, -0.15) is 0 Å². The van der Waals surface area contributed by atoms with Crippen molar-refractivity contribution in [3.8, 4) is 0 Å². The van der Waals surface area contributed by atoms with Gasteiger partial charge in [-0.15, -0.1) is 0 Å². The number of nitrogens with one attached hydrogen (secondary N) is 1. The Morgan fingerprint density at radius 1 is 1.10 bits per heavy atom. The summed E-state index contributed by atoms with van der Waals surface area (Å²) in [7, 11) is 0. The van der Waals surface area contributed by atoms with Crippen molar-refractivity contribution in [2.45, 2.75) is 45.4 Å². The van der Waals surface area contributed by atoms with Gasteiger partial charge in [-0.25, -0.2) is 4.39 Å². The fourth-order valence-electron chi connectivity index (χ4n) is 4.62. The second-order valence-corrected chi connectivity index (χ2v) is 8.32. The average molecular weight is 391 g/mol. The van der Waals surface area contributed by atoms with Crippen LogP contribution in [0.4, 0.5) is 10.1 Å². The van der Waals surface area contributed by atoms with E-state index in [0.717, 1.165) is 47.8 Å². The van der Waals surface area contributed by atoms with Gasteiger partial charge in [0.05, 0.1) is 5.52 Å². The Balaban J connectivity index is 1.41. The van der Waals surface area contributed by atoms with Gasteiger partial charge in [0, 0.05) is 23.2 Å². The second-order valence-electron chi connectivity index (χ2n) is 8.32. The number of hydrogen-bond donors (Lipinski definition) is 1. The zero-order valence-corrected chi connectivity index (χ0v) is 17.0. The molecule has 0 bridgehead atoms. The Hall–Kier alpha value is -2.75. The van der Waals surface area contributed by atoms with Crippen molar-refractivity contribution in [1.29, 1.82) is 0 Å². The number of halogens is 1. The first kappa shape index (κ1) is 19.6. The summed E-state index contributed by atoms with van der Waals surface area (Å²) in [6.07, 6.45) is 5.86. The quantitative estimate of drug-likeness (QED) is 0.574. The van der Waals surface area contributed by atoms with Crippen molar-refractivity contribution in [3.63, 3.8) is 0 Å². The maximum Gasteiger partial charge on any atom is 0.227 e. The molecule has 4 rings (SSSR count). The van der Waals surface area contributed by atoms with Crippen molar-refractivity contribution >= 4 is 22.5 Å². The van der Waals surface area contributed by atoms with E-state index in [1.807, 2.05) is 50.4 Å². The fourth-order valence-corrected chi connectivity index (χ4v) is 4.62. The number of fused-ring (bicyclic) bond motifs is 1. The maximum atomic E-state index is 13.8. The lowest BCUT2D eigenvalue weighted by atomic mass is 9.73. The third kappa shape index (κ3) is 4.31. The summed E-state index contributed by atoms with van der Waals surface area (Å²) in [5.41, 5.74) is 4.03. The Labute approximate surface area is 171 Å². The Bertz CT molecular complexity index is 1020. The summed E-state index contributed by atoms with van der Waals surface area (Å²) in [6, 6.07) is 14.7. The van der Waals surface area contributed by atoms with Crippen LogP contribution in [0.3, 0.4) is 0 Å².